The van der Waals surface area contributed by atoms with E-state index in [2.05, 4.69) is 19.9 Å². The Hall–Kier alpha value is -0.750. The molecule has 7 atom stereocenters. The molecule has 4 heteroatoms. The normalized spacial score (nSPS) is 42.2. The number of halogens is 1. The molecule has 0 unspecified atom stereocenters. The zero-order chi connectivity index (χ0) is 20.2. The number of allylic oxidation sites excluding steroid dienone is 1. The highest BCUT2D eigenvalue weighted by molar-refractivity contribution is 5.81. The molecule has 3 nitrogen and oxygen atoms in total. The van der Waals surface area contributed by atoms with E-state index < -0.39 is 0 Å². The lowest BCUT2D eigenvalue weighted by molar-refractivity contribution is -0.684. The van der Waals surface area contributed by atoms with Crippen molar-refractivity contribution in [3.8, 4) is 0 Å². The number of carbonyl (C=O) groups excluding carboxylic acids is 1. The van der Waals surface area contributed by atoms with Crippen molar-refractivity contribution in [1.82, 2.24) is 0 Å². The van der Waals surface area contributed by atoms with Gasteiger partial charge >= 0.3 is 0 Å². The fourth-order valence-electron chi connectivity index (χ4n) is 8.00. The molecular formula is C26H36INO2. The number of aromatic nitrogens is 1. The van der Waals surface area contributed by atoms with Gasteiger partial charge in [0.05, 0.1) is 6.10 Å². The molecule has 0 bridgehead atoms. The molecule has 0 aliphatic heterocycles. The van der Waals surface area contributed by atoms with Gasteiger partial charge in [-0.2, -0.15) is 4.57 Å². The summed E-state index contributed by atoms with van der Waals surface area (Å²) < 4.78 is 2.04. The quantitative estimate of drug-likeness (QED) is 0.372. The van der Waals surface area contributed by atoms with Gasteiger partial charge in [-0.15, -0.1) is 0 Å². The summed E-state index contributed by atoms with van der Waals surface area (Å²) in [4.78, 5) is 13.3. The first-order chi connectivity index (χ1) is 13.9. The maximum Gasteiger partial charge on any atom is 0.206 e. The van der Waals surface area contributed by atoms with Gasteiger partial charge in [-0.3, -0.25) is 4.79 Å². The van der Waals surface area contributed by atoms with Crippen LogP contribution in [0.3, 0.4) is 0 Å². The van der Waals surface area contributed by atoms with E-state index in [4.69, 9.17) is 0 Å². The predicted molar refractivity (Wildman–Crippen MR) is 113 cm³/mol. The second-order valence-electron chi connectivity index (χ2n) is 10.8. The number of rotatable bonds is 3. The van der Waals surface area contributed by atoms with Crippen LogP contribution in [0, 0.1) is 34.5 Å². The Kier molecular flexibility index (Phi) is 6.22. The summed E-state index contributed by atoms with van der Waals surface area (Å²) in [6.45, 7) is 5.43. The summed E-state index contributed by atoms with van der Waals surface area (Å²) >= 11 is 0. The summed E-state index contributed by atoms with van der Waals surface area (Å²) in [7, 11) is 0. The van der Waals surface area contributed by atoms with Gasteiger partial charge in [-0.25, -0.2) is 0 Å². The van der Waals surface area contributed by atoms with E-state index in [0.29, 0.717) is 18.2 Å². The topological polar surface area (TPSA) is 41.2 Å². The summed E-state index contributed by atoms with van der Waals surface area (Å²) in [5.74, 6) is 2.79. The maximum atomic E-state index is 13.3. The van der Waals surface area contributed by atoms with Crippen molar-refractivity contribution < 1.29 is 38.4 Å². The van der Waals surface area contributed by atoms with Gasteiger partial charge in [-0.05, 0) is 80.0 Å². The van der Waals surface area contributed by atoms with E-state index in [9.17, 15) is 9.90 Å². The first-order valence-electron chi connectivity index (χ1n) is 11.8. The Bertz CT molecular complexity index is 824. The first-order valence-corrected chi connectivity index (χ1v) is 11.8. The van der Waals surface area contributed by atoms with Gasteiger partial charge in [0.1, 0.15) is 0 Å². The summed E-state index contributed by atoms with van der Waals surface area (Å²) in [5, 5.41) is 10.2. The molecule has 4 aliphatic rings. The average Bonchev–Trinajstić information content (AvgIpc) is 3.06. The number of aliphatic hydroxyl groups excluding tert-OH is 1. The van der Waals surface area contributed by atoms with E-state index in [1.165, 1.54) is 24.8 Å². The van der Waals surface area contributed by atoms with Crippen molar-refractivity contribution in [2.75, 3.05) is 0 Å². The van der Waals surface area contributed by atoms with Crippen LogP contribution in [0.5, 0.6) is 0 Å². The largest absolute Gasteiger partial charge is 1.00 e. The van der Waals surface area contributed by atoms with Crippen molar-refractivity contribution in [2.45, 2.75) is 77.9 Å². The third-order valence-electron chi connectivity index (χ3n) is 9.58. The molecule has 1 aromatic rings. The minimum atomic E-state index is -0.135. The fraction of sp³-hybridized carbons (Fsp3) is 0.692. The smallest absolute Gasteiger partial charge is 0.206 e. The molecule has 3 fully saturated rings. The van der Waals surface area contributed by atoms with Crippen LogP contribution in [0.15, 0.2) is 42.2 Å². The van der Waals surface area contributed by atoms with Crippen molar-refractivity contribution in [2.24, 2.45) is 34.5 Å². The number of Topliss-reactive ketones (excluding diaryl/α,β-unsaturated/α-hetero) is 1. The van der Waals surface area contributed by atoms with Crippen LogP contribution in [0.2, 0.25) is 0 Å². The van der Waals surface area contributed by atoms with Crippen LogP contribution >= 0.6 is 0 Å². The average molecular weight is 521 g/mol. The molecule has 30 heavy (non-hydrogen) atoms. The zero-order valence-corrected chi connectivity index (χ0v) is 20.6. The molecule has 0 saturated heterocycles. The van der Waals surface area contributed by atoms with Crippen molar-refractivity contribution in [3.05, 3.63) is 42.2 Å². The number of nitrogens with zero attached hydrogens (tertiary/aromatic N) is 1. The molecule has 164 valence electrons. The number of aliphatic hydroxyl groups is 1. The van der Waals surface area contributed by atoms with Gasteiger partial charge in [0.15, 0.2) is 12.4 Å². The first kappa shape index (κ1) is 22.4. The predicted octanol–water partition coefficient (Wildman–Crippen LogP) is 1.49. The van der Waals surface area contributed by atoms with Crippen LogP contribution < -0.4 is 28.5 Å². The maximum absolute atomic E-state index is 13.3. The molecule has 3 saturated carbocycles. The van der Waals surface area contributed by atoms with Gasteiger partial charge in [-0.1, -0.05) is 31.6 Å². The lowest BCUT2D eigenvalue weighted by atomic mass is 9.47. The van der Waals surface area contributed by atoms with E-state index in [0.717, 1.165) is 43.9 Å². The van der Waals surface area contributed by atoms with Gasteiger partial charge in [0.2, 0.25) is 12.3 Å². The zero-order valence-electron chi connectivity index (χ0n) is 18.4. The minimum absolute atomic E-state index is 0. The number of ketones is 1. The van der Waals surface area contributed by atoms with Crippen molar-refractivity contribution in [1.29, 1.82) is 0 Å². The van der Waals surface area contributed by atoms with E-state index in [1.807, 2.05) is 35.2 Å². The number of carbonyl (C=O) groups is 1. The number of pyridine rings is 1. The second kappa shape index (κ2) is 8.31. The second-order valence-corrected chi connectivity index (χ2v) is 10.8. The Balaban J connectivity index is 0.00000218. The molecular weight excluding hydrogens is 485 g/mol. The third-order valence-corrected chi connectivity index (χ3v) is 9.58. The van der Waals surface area contributed by atoms with Crippen LogP contribution in [-0.4, -0.2) is 17.0 Å². The third kappa shape index (κ3) is 3.50. The minimum Gasteiger partial charge on any atom is -1.00 e. The molecule has 4 aliphatic carbocycles. The van der Waals surface area contributed by atoms with Gasteiger partial charge in [0, 0.05) is 18.1 Å². The lowest BCUT2D eigenvalue weighted by Gasteiger charge is -2.57. The van der Waals surface area contributed by atoms with Crippen molar-refractivity contribution >= 4 is 5.78 Å². The van der Waals surface area contributed by atoms with Crippen LogP contribution in [0.4, 0.5) is 0 Å². The van der Waals surface area contributed by atoms with E-state index in [-0.39, 0.29) is 46.8 Å². The van der Waals surface area contributed by atoms with E-state index in [1.54, 1.807) is 0 Å². The standard InChI is InChI=1S/C26H36NO2.HI/c1-25-12-10-19(28)16-18(25)6-7-20-21-8-9-23(26(21,2)13-11-22(20)25)24(29)17-27-14-4-3-5-15-27;/h3-6,14-15,19-23,28H,7-13,16-17H2,1-2H3;1H/q+1;/p-1/t19-,20-,21-,22-,23+,25-,26-;/m0./s1. The molecule has 1 heterocycles. The number of hydrogen-bond donors (Lipinski definition) is 1. The van der Waals surface area contributed by atoms with Gasteiger partial charge in [0.25, 0.3) is 0 Å². The molecule has 0 amide bonds. The highest BCUT2D eigenvalue weighted by atomic mass is 127. The lowest BCUT2D eigenvalue weighted by Crippen LogP contribution is -3.00. The number of hydrogen-bond acceptors (Lipinski definition) is 2. The van der Waals surface area contributed by atoms with Crippen LogP contribution in [0.1, 0.15) is 65.2 Å². The fourth-order valence-corrected chi connectivity index (χ4v) is 8.00. The highest BCUT2D eigenvalue weighted by Crippen LogP contribution is 2.66. The highest BCUT2D eigenvalue weighted by Gasteiger charge is 2.59. The molecule has 1 aromatic heterocycles. The van der Waals surface area contributed by atoms with Crippen molar-refractivity contribution in [3.63, 3.8) is 0 Å². The summed E-state index contributed by atoms with van der Waals surface area (Å²) in [6.07, 6.45) is 15.3. The molecule has 0 radical (unpaired) electrons. The molecule has 0 spiro atoms. The Morgan fingerprint density at radius 1 is 1.07 bits per heavy atom. The van der Waals surface area contributed by atoms with E-state index >= 15 is 0 Å². The number of fused-ring (bicyclic) bond motifs is 5. The Morgan fingerprint density at radius 2 is 1.83 bits per heavy atom. The van der Waals surface area contributed by atoms with Crippen LogP contribution in [-0.2, 0) is 11.3 Å². The molecule has 1 N–H and O–H groups in total. The Labute approximate surface area is 198 Å². The van der Waals surface area contributed by atoms with Crippen LogP contribution in [0.25, 0.3) is 0 Å². The van der Waals surface area contributed by atoms with Gasteiger partial charge < -0.3 is 29.1 Å². The summed E-state index contributed by atoms with van der Waals surface area (Å²) in [5.41, 5.74) is 1.99. The molecule has 5 rings (SSSR count). The Morgan fingerprint density at radius 3 is 2.60 bits per heavy atom. The monoisotopic (exact) mass is 521 g/mol. The SMILES string of the molecule is C[C@]12CC[C@H]3[C@@H](CC=C4C[C@@H](O)CC[C@@]43C)[C@@H]1CC[C@@H]2C(=O)C[n+]1ccccc1.[I-]. The summed E-state index contributed by atoms with van der Waals surface area (Å²) in [6, 6.07) is 6.02. The molecule has 0 aromatic carbocycles.